The van der Waals surface area contributed by atoms with Gasteiger partial charge in [-0.1, -0.05) is 18.2 Å². The van der Waals surface area contributed by atoms with Crippen LogP contribution in [0, 0.1) is 0 Å². The minimum absolute atomic E-state index is 0.404. The van der Waals surface area contributed by atoms with Gasteiger partial charge in [-0.25, -0.2) is 0 Å². The highest BCUT2D eigenvalue weighted by molar-refractivity contribution is 5.86. The van der Waals surface area contributed by atoms with Gasteiger partial charge in [0.15, 0.2) is 0 Å². The molecule has 0 aliphatic carbocycles. The molecule has 2 unspecified atom stereocenters. The molecule has 5 rings (SSSR count). The van der Waals surface area contributed by atoms with Crippen LogP contribution >= 0.6 is 0 Å². The highest BCUT2D eigenvalue weighted by atomic mass is 16.5. The topological polar surface area (TPSA) is 31.5 Å². The van der Waals surface area contributed by atoms with Crippen LogP contribution in [-0.2, 0) is 6.42 Å². The van der Waals surface area contributed by atoms with Crippen molar-refractivity contribution in [2.45, 2.75) is 25.4 Å². The maximum atomic E-state index is 5.44. The number of hydrogen-bond acceptors (Lipinski definition) is 3. The van der Waals surface area contributed by atoms with E-state index in [0.29, 0.717) is 12.1 Å². The van der Waals surface area contributed by atoms with E-state index >= 15 is 0 Å². The van der Waals surface area contributed by atoms with Crippen molar-refractivity contribution in [3.63, 3.8) is 0 Å². The zero-order valence-corrected chi connectivity index (χ0v) is 14.7. The second-order valence-corrected chi connectivity index (χ2v) is 7.18. The summed E-state index contributed by atoms with van der Waals surface area (Å²) in [6.07, 6.45) is 1.09. The third-order valence-electron chi connectivity index (χ3n) is 5.86. The molecule has 4 nitrogen and oxygen atoms in total. The number of aromatic amines is 1. The SMILES string of the molecule is COc1ccc2[nH]c3c(c2c1)CC1CN(c2ccccc2)CN1C3C. The molecule has 3 aromatic rings. The third-order valence-corrected chi connectivity index (χ3v) is 5.86. The molecule has 25 heavy (non-hydrogen) atoms. The summed E-state index contributed by atoms with van der Waals surface area (Å²) in [4.78, 5) is 8.79. The Bertz CT molecular complexity index is 918. The Morgan fingerprint density at radius 1 is 1.12 bits per heavy atom. The minimum Gasteiger partial charge on any atom is -0.497 e. The first-order valence-electron chi connectivity index (χ1n) is 8.99. The molecule has 3 heterocycles. The van der Waals surface area contributed by atoms with Crippen molar-refractivity contribution in [3.05, 3.63) is 59.8 Å². The summed E-state index contributed by atoms with van der Waals surface area (Å²) < 4.78 is 5.44. The fourth-order valence-electron chi connectivity index (χ4n) is 4.53. The zero-order valence-electron chi connectivity index (χ0n) is 14.7. The van der Waals surface area contributed by atoms with Crippen molar-refractivity contribution in [3.8, 4) is 5.75 Å². The van der Waals surface area contributed by atoms with Crippen LogP contribution in [0.1, 0.15) is 24.2 Å². The van der Waals surface area contributed by atoms with Crippen molar-refractivity contribution >= 4 is 16.6 Å². The number of rotatable bonds is 2. The second-order valence-electron chi connectivity index (χ2n) is 7.18. The molecule has 128 valence electrons. The van der Waals surface area contributed by atoms with Gasteiger partial charge in [0, 0.05) is 40.9 Å². The summed E-state index contributed by atoms with van der Waals surface area (Å²) in [7, 11) is 1.74. The summed E-state index contributed by atoms with van der Waals surface area (Å²) in [6.45, 7) is 4.41. The largest absolute Gasteiger partial charge is 0.497 e. The highest BCUT2D eigenvalue weighted by Crippen LogP contribution is 2.40. The van der Waals surface area contributed by atoms with Crippen LogP contribution in [0.3, 0.4) is 0 Å². The Kier molecular flexibility index (Phi) is 3.28. The van der Waals surface area contributed by atoms with Gasteiger partial charge in [-0.2, -0.15) is 0 Å². The van der Waals surface area contributed by atoms with Crippen LogP contribution in [0.2, 0.25) is 0 Å². The molecular weight excluding hydrogens is 310 g/mol. The maximum Gasteiger partial charge on any atom is 0.119 e. The summed E-state index contributed by atoms with van der Waals surface area (Å²) in [5.74, 6) is 0.932. The lowest BCUT2D eigenvalue weighted by Crippen LogP contribution is -2.39. The lowest BCUT2D eigenvalue weighted by Gasteiger charge is -2.34. The van der Waals surface area contributed by atoms with Crippen LogP contribution in [0.25, 0.3) is 10.9 Å². The molecule has 0 radical (unpaired) electrons. The maximum absolute atomic E-state index is 5.44. The minimum atomic E-state index is 0.404. The monoisotopic (exact) mass is 333 g/mol. The van der Waals surface area contributed by atoms with E-state index in [9.17, 15) is 0 Å². The molecule has 2 atom stereocenters. The third kappa shape index (κ3) is 2.24. The number of anilines is 1. The van der Waals surface area contributed by atoms with Gasteiger partial charge in [-0.05, 0) is 49.2 Å². The Hall–Kier alpha value is -2.46. The smallest absolute Gasteiger partial charge is 0.119 e. The first-order chi connectivity index (χ1) is 12.2. The molecule has 1 saturated heterocycles. The lowest BCUT2D eigenvalue weighted by molar-refractivity contribution is 0.178. The number of H-pyrrole nitrogens is 1. The molecule has 1 fully saturated rings. The van der Waals surface area contributed by atoms with Crippen LogP contribution < -0.4 is 9.64 Å². The van der Waals surface area contributed by atoms with Gasteiger partial charge in [0.1, 0.15) is 5.75 Å². The van der Waals surface area contributed by atoms with Crippen LogP contribution in [0.4, 0.5) is 5.69 Å². The Morgan fingerprint density at radius 3 is 2.76 bits per heavy atom. The average Bonchev–Trinajstić information content (AvgIpc) is 3.24. The number of nitrogens with one attached hydrogen (secondary N) is 1. The molecular formula is C21H23N3O. The van der Waals surface area contributed by atoms with E-state index in [-0.39, 0.29) is 0 Å². The molecule has 2 aromatic carbocycles. The van der Waals surface area contributed by atoms with E-state index in [4.69, 9.17) is 4.74 Å². The first kappa shape index (κ1) is 14.8. The van der Waals surface area contributed by atoms with Gasteiger partial charge < -0.3 is 14.6 Å². The standard InChI is InChI=1S/C21H23N3O/c1-14-21-19(18-11-17(25-2)8-9-20(18)22-21)10-16-12-23(13-24(14)16)15-6-4-3-5-7-15/h3-9,11,14,16,22H,10,12-13H2,1-2H3. The fourth-order valence-corrected chi connectivity index (χ4v) is 4.53. The van der Waals surface area contributed by atoms with Gasteiger partial charge in [0.25, 0.3) is 0 Å². The Balaban J connectivity index is 1.51. The van der Waals surface area contributed by atoms with E-state index in [2.05, 4.69) is 64.2 Å². The van der Waals surface area contributed by atoms with E-state index in [1.165, 1.54) is 27.8 Å². The number of nitrogens with zero attached hydrogens (tertiary/aromatic N) is 2. The van der Waals surface area contributed by atoms with Crippen molar-refractivity contribution in [1.29, 1.82) is 0 Å². The fraction of sp³-hybridized carbons (Fsp3) is 0.333. The van der Waals surface area contributed by atoms with Gasteiger partial charge >= 0.3 is 0 Å². The summed E-state index contributed by atoms with van der Waals surface area (Å²) in [6, 6.07) is 18.1. The molecule has 0 bridgehead atoms. The summed E-state index contributed by atoms with van der Waals surface area (Å²) >= 11 is 0. The van der Waals surface area contributed by atoms with Crippen LogP contribution in [-0.4, -0.2) is 36.2 Å². The van der Waals surface area contributed by atoms with E-state index in [1.807, 2.05) is 6.07 Å². The van der Waals surface area contributed by atoms with Crippen molar-refractivity contribution < 1.29 is 4.74 Å². The Morgan fingerprint density at radius 2 is 1.96 bits per heavy atom. The summed E-state index contributed by atoms with van der Waals surface area (Å²) in [5, 5.41) is 1.32. The lowest BCUT2D eigenvalue weighted by atomic mass is 9.93. The molecule has 2 aliphatic rings. The van der Waals surface area contributed by atoms with Crippen molar-refractivity contribution in [2.75, 3.05) is 25.2 Å². The van der Waals surface area contributed by atoms with E-state index in [0.717, 1.165) is 25.4 Å². The predicted molar refractivity (Wildman–Crippen MR) is 101 cm³/mol. The normalized spacial score (nSPS) is 22.9. The molecule has 1 aromatic heterocycles. The van der Waals surface area contributed by atoms with Crippen LogP contribution in [0.5, 0.6) is 5.75 Å². The average molecular weight is 333 g/mol. The number of methoxy groups -OCH3 is 1. The highest BCUT2D eigenvalue weighted by Gasteiger charge is 2.40. The number of aromatic nitrogens is 1. The molecule has 4 heteroatoms. The molecule has 0 amide bonds. The number of para-hydroxylation sites is 1. The van der Waals surface area contributed by atoms with Crippen molar-refractivity contribution in [2.24, 2.45) is 0 Å². The quantitative estimate of drug-likeness (QED) is 0.771. The van der Waals surface area contributed by atoms with Gasteiger partial charge in [0.2, 0.25) is 0 Å². The zero-order chi connectivity index (χ0) is 17.0. The van der Waals surface area contributed by atoms with E-state index in [1.54, 1.807) is 7.11 Å². The van der Waals surface area contributed by atoms with E-state index < -0.39 is 0 Å². The van der Waals surface area contributed by atoms with Gasteiger partial charge in [0.05, 0.1) is 13.8 Å². The van der Waals surface area contributed by atoms with Crippen molar-refractivity contribution in [1.82, 2.24) is 9.88 Å². The molecule has 0 saturated carbocycles. The first-order valence-corrected chi connectivity index (χ1v) is 8.99. The van der Waals surface area contributed by atoms with Gasteiger partial charge in [-0.15, -0.1) is 0 Å². The predicted octanol–water partition coefficient (Wildman–Crippen LogP) is 3.94. The number of fused-ring (bicyclic) bond motifs is 4. The molecule has 1 N–H and O–H groups in total. The molecule has 0 spiro atoms. The molecule has 2 aliphatic heterocycles. The number of benzene rings is 2. The number of hydrogen-bond donors (Lipinski definition) is 1. The number of ether oxygens (including phenoxy) is 1. The van der Waals surface area contributed by atoms with Crippen LogP contribution in [0.15, 0.2) is 48.5 Å². The summed E-state index contributed by atoms with van der Waals surface area (Å²) in [5.41, 5.74) is 5.38. The Labute approximate surface area is 148 Å². The second kappa shape index (κ2) is 5.53. The van der Waals surface area contributed by atoms with Gasteiger partial charge in [-0.3, -0.25) is 4.90 Å².